The Balaban J connectivity index is 1.99. The van der Waals surface area contributed by atoms with Crippen molar-refractivity contribution in [3.8, 4) is 11.5 Å². The number of methoxy groups -OCH3 is 2. The highest BCUT2D eigenvalue weighted by atomic mass is 32.2. The third-order valence-corrected chi connectivity index (χ3v) is 6.37. The molecule has 0 radical (unpaired) electrons. The summed E-state index contributed by atoms with van der Waals surface area (Å²) >= 11 is 2.79. The van der Waals surface area contributed by atoms with Crippen molar-refractivity contribution < 1.29 is 19.1 Å². The number of aryl methyl sites for hydroxylation is 1. The average molecular weight is 424 g/mol. The lowest BCUT2D eigenvalue weighted by atomic mass is 10.2. The summed E-state index contributed by atoms with van der Waals surface area (Å²) in [6, 6.07) is 5.63. The molecule has 1 heterocycles. The number of thioether (sulfide) groups is 1. The molecule has 0 aliphatic carbocycles. The Bertz CT molecular complexity index is 839. The molecule has 0 unspecified atom stereocenters. The average Bonchev–Trinajstić information content (AvgIpc) is 3.02. The summed E-state index contributed by atoms with van der Waals surface area (Å²) in [6.45, 7) is 4.87. The molecule has 1 aromatic heterocycles. The molecule has 2 rings (SSSR count). The number of hydrogen-bond acceptors (Lipinski definition) is 7. The molecule has 0 aliphatic heterocycles. The van der Waals surface area contributed by atoms with Crippen molar-refractivity contribution in [2.45, 2.75) is 31.2 Å². The molecule has 0 fully saturated rings. The molecule has 9 heteroatoms. The van der Waals surface area contributed by atoms with E-state index in [0.29, 0.717) is 24.6 Å². The second kappa shape index (κ2) is 10.3. The third-order valence-electron chi connectivity index (χ3n) is 4.08. The number of amides is 2. The second-order valence-electron chi connectivity index (χ2n) is 6.02. The van der Waals surface area contributed by atoms with Crippen LogP contribution in [0.4, 0.5) is 0 Å². The molecule has 0 atom stereocenters. The molecule has 7 nitrogen and oxygen atoms in total. The zero-order chi connectivity index (χ0) is 20.7. The van der Waals surface area contributed by atoms with E-state index < -0.39 is 0 Å². The fourth-order valence-electron chi connectivity index (χ4n) is 2.58. The van der Waals surface area contributed by atoms with Crippen LogP contribution in [0.2, 0.25) is 0 Å². The lowest BCUT2D eigenvalue weighted by molar-refractivity contribution is -0.128. The summed E-state index contributed by atoms with van der Waals surface area (Å²) < 4.78 is 11.3. The van der Waals surface area contributed by atoms with E-state index in [2.05, 4.69) is 4.98 Å². The first-order valence-corrected chi connectivity index (χ1v) is 10.5. The fraction of sp³-hybridized carbons (Fsp3) is 0.421. The Morgan fingerprint density at radius 3 is 2.57 bits per heavy atom. The molecule has 2 aromatic rings. The van der Waals surface area contributed by atoms with E-state index in [-0.39, 0.29) is 24.0 Å². The number of primary amides is 1. The van der Waals surface area contributed by atoms with Gasteiger partial charge in [0.25, 0.3) is 0 Å². The van der Waals surface area contributed by atoms with Crippen LogP contribution in [0, 0.1) is 6.92 Å². The molecular formula is C19H25N3O4S2. The van der Waals surface area contributed by atoms with Crippen LogP contribution in [0.15, 0.2) is 22.5 Å². The number of hydrogen-bond donors (Lipinski definition) is 1. The Morgan fingerprint density at radius 2 is 1.96 bits per heavy atom. The van der Waals surface area contributed by atoms with E-state index in [0.717, 1.165) is 20.5 Å². The van der Waals surface area contributed by atoms with Gasteiger partial charge in [-0.1, -0.05) is 17.8 Å². The van der Waals surface area contributed by atoms with Gasteiger partial charge in [0.2, 0.25) is 11.8 Å². The molecular weight excluding hydrogens is 398 g/mol. The minimum Gasteiger partial charge on any atom is -0.493 e. The van der Waals surface area contributed by atoms with Gasteiger partial charge in [0.15, 0.2) is 15.8 Å². The van der Waals surface area contributed by atoms with Gasteiger partial charge in [-0.15, -0.1) is 11.3 Å². The normalized spacial score (nSPS) is 10.6. The Kier molecular flexibility index (Phi) is 8.13. The number of thiazole rings is 1. The van der Waals surface area contributed by atoms with E-state index in [1.165, 1.54) is 23.1 Å². The first-order valence-electron chi connectivity index (χ1n) is 8.74. The van der Waals surface area contributed by atoms with Crippen molar-refractivity contribution in [3.63, 3.8) is 0 Å². The van der Waals surface area contributed by atoms with Gasteiger partial charge in [-0.25, -0.2) is 4.98 Å². The van der Waals surface area contributed by atoms with Crippen molar-refractivity contribution in [3.05, 3.63) is 34.3 Å². The second-order valence-corrected chi connectivity index (χ2v) is 8.32. The largest absolute Gasteiger partial charge is 0.493 e. The Hall–Kier alpha value is -2.26. The highest BCUT2D eigenvalue weighted by Crippen LogP contribution is 2.29. The predicted octanol–water partition coefficient (Wildman–Crippen LogP) is 2.64. The highest BCUT2D eigenvalue weighted by molar-refractivity contribution is 8.01. The topological polar surface area (TPSA) is 94.8 Å². The number of aromatic nitrogens is 1. The summed E-state index contributed by atoms with van der Waals surface area (Å²) in [4.78, 5) is 30.8. The number of nitrogens with two attached hydrogens (primary N) is 1. The van der Waals surface area contributed by atoms with Crippen molar-refractivity contribution in [2.75, 3.05) is 26.5 Å². The number of carbonyl (C=O) groups is 2. The van der Waals surface area contributed by atoms with Gasteiger partial charge in [0.05, 0.1) is 32.1 Å². The van der Waals surface area contributed by atoms with Crippen molar-refractivity contribution in [1.29, 1.82) is 0 Å². The zero-order valence-corrected chi connectivity index (χ0v) is 18.1. The highest BCUT2D eigenvalue weighted by Gasteiger charge is 2.16. The van der Waals surface area contributed by atoms with E-state index in [1.54, 1.807) is 19.1 Å². The first-order chi connectivity index (χ1) is 13.4. The minimum atomic E-state index is -0.383. The van der Waals surface area contributed by atoms with E-state index in [9.17, 15) is 9.59 Å². The zero-order valence-electron chi connectivity index (χ0n) is 16.5. The maximum absolute atomic E-state index is 12.7. The SMILES string of the molecule is CCN(Cc1ccc(OC)c(OC)c1)C(=O)CSc1nc(C)c(CC(N)=O)s1. The van der Waals surface area contributed by atoms with Crippen molar-refractivity contribution in [1.82, 2.24) is 9.88 Å². The monoisotopic (exact) mass is 423 g/mol. The number of benzene rings is 1. The van der Waals surface area contributed by atoms with Crippen LogP contribution < -0.4 is 15.2 Å². The molecule has 0 saturated carbocycles. The predicted molar refractivity (Wildman–Crippen MR) is 111 cm³/mol. The number of nitrogens with zero attached hydrogens (tertiary/aromatic N) is 2. The standard InChI is InChI=1S/C19H25N3O4S2/c1-5-22(10-13-6-7-14(25-3)15(8-13)26-4)18(24)11-27-19-21-12(2)16(28-19)9-17(20)23/h6-8H,5,9-11H2,1-4H3,(H2,20,23). The van der Waals surface area contributed by atoms with Gasteiger partial charge in [0, 0.05) is 18.0 Å². The van der Waals surface area contributed by atoms with Crippen LogP contribution in [0.5, 0.6) is 11.5 Å². The van der Waals surface area contributed by atoms with Crippen LogP contribution >= 0.6 is 23.1 Å². The molecule has 0 spiro atoms. The van der Waals surface area contributed by atoms with Crippen molar-refractivity contribution >= 4 is 34.9 Å². The summed E-state index contributed by atoms with van der Waals surface area (Å²) in [7, 11) is 3.18. The summed E-state index contributed by atoms with van der Waals surface area (Å²) in [5, 5.41) is 0. The van der Waals surface area contributed by atoms with E-state index in [4.69, 9.17) is 15.2 Å². The maximum Gasteiger partial charge on any atom is 0.233 e. The molecule has 2 amide bonds. The molecule has 1 aromatic carbocycles. The third kappa shape index (κ3) is 5.87. The van der Waals surface area contributed by atoms with Gasteiger partial charge in [0.1, 0.15) is 0 Å². The van der Waals surface area contributed by atoms with Crippen LogP contribution in [-0.2, 0) is 22.6 Å². The van der Waals surface area contributed by atoms with Crippen LogP contribution in [0.25, 0.3) is 0 Å². The molecule has 152 valence electrons. The molecule has 28 heavy (non-hydrogen) atoms. The van der Waals surface area contributed by atoms with Gasteiger partial charge >= 0.3 is 0 Å². The first kappa shape index (κ1) is 22.0. The molecule has 0 aliphatic rings. The van der Waals surface area contributed by atoms with Gasteiger partial charge in [-0.2, -0.15) is 0 Å². The minimum absolute atomic E-state index is 0.0200. The molecule has 0 bridgehead atoms. The lowest BCUT2D eigenvalue weighted by Crippen LogP contribution is -2.31. The van der Waals surface area contributed by atoms with E-state index in [1.807, 2.05) is 32.0 Å². The number of carbonyl (C=O) groups excluding carboxylic acids is 2. The number of ether oxygens (including phenoxy) is 2. The summed E-state index contributed by atoms with van der Waals surface area (Å²) in [5.41, 5.74) is 7.00. The van der Waals surface area contributed by atoms with Crippen molar-refractivity contribution in [2.24, 2.45) is 5.73 Å². The molecule has 2 N–H and O–H groups in total. The van der Waals surface area contributed by atoms with Gasteiger partial charge in [-0.3, -0.25) is 9.59 Å². The summed E-state index contributed by atoms with van der Waals surface area (Å²) in [5.74, 6) is 1.21. The number of rotatable bonds is 10. The van der Waals surface area contributed by atoms with Crippen LogP contribution in [-0.4, -0.2) is 48.2 Å². The summed E-state index contributed by atoms with van der Waals surface area (Å²) in [6.07, 6.45) is 0.179. The molecule has 0 saturated heterocycles. The Morgan fingerprint density at radius 1 is 1.25 bits per heavy atom. The smallest absolute Gasteiger partial charge is 0.233 e. The maximum atomic E-state index is 12.7. The lowest BCUT2D eigenvalue weighted by Gasteiger charge is -2.21. The fourth-order valence-corrected chi connectivity index (χ4v) is 4.72. The van der Waals surface area contributed by atoms with Gasteiger partial charge in [-0.05, 0) is 31.5 Å². The Labute approximate surface area is 173 Å². The van der Waals surface area contributed by atoms with Crippen LogP contribution in [0.3, 0.4) is 0 Å². The van der Waals surface area contributed by atoms with Gasteiger partial charge < -0.3 is 20.1 Å². The van der Waals surface area contributed by atoms with Crippen LogP contribution in [0.1, 0.15) is 23.1 Å². The quantitative estimate of drug-likeness (QED) is 0.591. The van der Waals surface area contributed by atoms with E-state index >= 15 is 0 Å².